The van der Waals surface area contributed by atoms with Gasteiger partial charge in [0.1, 0.15) is 17.2 Å². The van der Waals surface area contributed by atoms with E-state index in [0.29, 0.717) is 28.3 Å². The maximum atomic E-state index is 12.9. The second kappa shape index (κ2) is 7.31. The fourth-order valence-electron chi connectivity index (χ4n) is 2.96. The number of hydrogen-bond acceptors (Lipinski definition) is 5. The molecule has 0 aliphatic carbocycles. The van der Waals surface area contributed by atoms with Crippen molar-refractivity contribution in [3.63, 3.8) is 0 Å². The first-order chi connectivity index (χ1) is 12.6. The van der Waals surface area contributed by atoms with Crippen molar-refractivity contribution in [3.05, 3.63) is 59.8 Å². The lowest BCUT2D eigenvalue weighted by Gasteiger charge is -2.13. The minimum Gasteiger partial charge on any atom is -0.496 e. The smallest absolute Gasteiger partial charge is 0.278 e. The van der Waals surface area contributed by atoms with Crippen molar-refractivity contribution in [3.8, 4) is 11.5 Å². The zero-order chi connectivity index (χ0) is 18.7. The van der Waals surface area contributed by atoms with Crippen molar-refractivity contribution < 1.29 is 19.1 Å². The molecule has 1 N–H and O–H groups in total. The molecule has 0 unspecified atom stereocenters. The van der Waals surface area contributed by atoms with Crippen LogP contribution in [0.3, 0.4) is 0 Å². The summed E-state index contributed by atoms with van der Waals surface area (Å²) in [5.41, 5.74) is 1.68. The Bertz CT molecular complexity index is 889. The van der Waals surface area contributed by atoms with E-state index in [0.717, 1.165) is 0 Å². The molecule has 134 valence electrons. The second-order valence-corrected chi connectivity index (χ2v) is 5.63. The first-order valence-electron chi connectivity index (χ1n) is 8.26. The maximum Gasteiger partial charge on any atom is 0.278 e. The molecule has 2 aromatic rings. The molecule has 2 aromatic carbocycles. The van der Waals surface area contributed by atoms with Crippen LogP contribution in [-0.4, -0.2) is 37.5 Å². The number of nitrogens with zero attached hydrogens (tertiary/aromatic N) is 1. The average molecular weight is 352 g/mol. The highest BCUT2D eigenvalue weighted by Gasteiger charge is 2.39. The van der Waals surface area contributed by atoms with Gasteiger partial charge in [-0.05, 0) is 25.1 Å². The highest BCUT2D eigenvalue weighted by Crippen LogP contribution is 2.36. The number of para-hydroxylation sites is 3. The minimum absolute atomic E-state index is 0.214. The summed E-state index contributed by atoms with van der Waals surface area (Å²) >= 11 is 0. The van der Waals surface area contributed by atoms with Gasteiger partial charge in [0.05, 0.1) is 25.5 Å². The minimum atomic E-state index is -0.371. The molecule has 2 amide bonds. The number of benzene rings is 2. The topological polar surface area (TPSA) is 67.9 Å². The summed E-state index contributed by atoms with van der Waals surface area (Å²) in [6.07, 6.45) is 0. The third kappa shape index (κ3) is 2.90. The fourth-order valence-corrected chi connectivity index (χ4v) is 2.96. The first kappa shape index (κ1) is 17.5. The lowest BCUT2D eigenvalue weighted by atomic mass is 10.0. The molecular weight excluding hydrogens is 332 g/mol. The van der Waals surface area contributed by atoms with Crippen LogP contribution in [-0.2, 0) is 9.59 Å². The predicted octanol–water partition coefficient (Wildman–Crippen LogP) is 2.92. The van der Waals surface area contributed by atoms with Gasteiger partial charge in [0, 0.05) is 12.1 Å². The third-order valence-corrected chi connectivity index (χ3v) is 4.23. The van der Waals surface area contributed by atoms with Crippen LogP contribution in [0.4, 0.5) is 5.69 Å². The molecule has 6 heteroatoms. The van der Waals surface area contributed by atoms with Crippen LogP contribution in [0.5, 0.6) is 11.5 Å². The number of carbonyl (C=O) groups is 2. The molecule has 1 aliphatic heterocycles. The van der Waals surface area contributed by atoms with Crippen LogP contribution in [0.1, 0.15) is 12.5 Å². The SMILES string of the molecule is CCN1C(=O)C(Nc2ccccc2OC)=C(c2ccccc2OC)C1=O. The summed E-state index contributed by atoms with van der Waals surface area (Å²) in [5, 5.41) is 3.09. The number of amides is 2. The highest BCUT2D eigenvalue weighted by molar-refractivity contribution is 6.37. The van der Waals surface area contributed by atoms with E-state index in [9.17, 15) is 9.59 Å². The van der Waals surface area contributed by atoms with E-state index in [2.05, 4.69) is 5.32 Å². The largest absolute Gasteiger partial charge is 0.496 e. The van der Waals surface area contributed by atoms with Crippen molar-refractivity contribution in [2.24, 2.45) is 0 Å². The molecule has 0 aromatic heterocycles. The molecule has 0 fully saturated rings. The Morgan fingerprint density at radius 1 is 0.885 bits per heavy atom. The van der Waals surface area contributed by atoms with Gasteiger partial charge in [0.25, 0.3) is 11.8 Å². The van der Waals surface area contributed by atoms with Crippen molar-refractivity contribution in [2.75, 3.05) is 26.1 Å². The molecular formula is C20H20N2O4. The first-order valence-corrected chi connectivity index (χ1v) is 8.26. The van der Waals surface area contributed by atoms with Gasteiger partial charge in [-0.25, -0.2) is 0 Å². The summed E-state index contributed by atoms with van der Waals surface area (Å²) < 4.78 is 10.7. The van der Waals surface area contributed by atoms with Gasteiger partial charge < -0.3 is 14.8 Å². The number of carbonyl (C=O) groups excluding carboxylic acids is 2. The van der Waals surface area contributed by atoms with Crippen LogP contribution in [0, 0.1) is 0 Å². The molecule has 3 rings (SSSR count). The highest BCUT2D eigenvalue weighted by atomic mass is 16.5. The average Bonchev–Trinajstić information content (AvgIpc) is 2.91. The maximum absolute atomic E-state index is 12.9. The van der Waals surface area contributed by atoms with E-state index in [1.165, 1.54) is 12.0 Å². The summed E-state index contributed by atoms with van der Waals surface area (Å²) in [5.74, 6) is 0.388. The van der Waals surface area contributed by atoms with Crippen LogP contribution in [0.2, 0.25) is 0 Å². The number of anilines is 1. The molecule has 0 spiro atoms. The van der Waals surface area contributed by atoms with Crippen molar-refractivity contribution in [1.82, 2.24) is 4.90 Å². The molecule has 0 saturated heterocycles. The van der Waals surface area contributed by atoms with Gasteiger partial charge in [-0.1, -0.05) is 30.3 Å². The van der Waals surface area contributed by atoms with Gasteiger partial charge >= 0.3 is 0 Å². The zero-order valence-corrected chi connectivity index (χ0v) is 14.9. The molecule has 0 bridgehead atoms. The van der Waals surface area contributed by atoms with Crippen LogP contribution < -0.4 is 14.8 Å². The van der Waals surface area contributed by atoms with Crippen LogP contribution >= 0.6 is 0 Å². The zero-order valence-electron chi connectivity index (χ0n) is 14.9. The number of methoxy groups -OCH3 is 2. The van der Waals surface area contributed by atoms with Gasteiger partial charge in [-0.3, -0.25) is 14.5 Å². The molecule has 26 heavy (non-hydrogen) atoms. The second-order valence-electron chi connectivity index (χ2n) is 5.63. The fraction of sp³-hybridized carbons (Fsp3) is 0.200. The Kier molecular flexibility index (Phi) is 4.93. The van der Waals surface area contributed by atoms with E-state index >= 15 is 0 Å². The molecule has 1 heterocycles. The van der Waals surface area contributed by atoms with Crippen molar-refractivity contribution in [2.45, 2.75) is 6.92 Å². The number of hydrogen-bond donors (Lipinski definition) is 1. The number of rotatable bonds is 6. The summed E-state index contributed by atoms with van der Waals surface area (Å²) in [7, 11) is 3.08. The van der Waals surface area contributed by atoms with Crippen LogP contribution in [0.25, 0.3) is 5.57 Å². The third-order valence-electron chi connectivity index (χ3n) is 4.23. The predicted molar refractivity (Wildman–Crippen MR) is 98.9 cm³/mol. The quantitative estimate of drug-likeness (QED) is 0.810. The molecule has 0 saturated carbocycles. The van der Waals surface area contributed by atoms with E-state index in [1.807, 2.05) is 18.2 Å². The van der Waals surface area contributed by atoms with Gasteiger partial charge in [0.15, 0.2) is 0 Å². The Labute approximate surface area is 152 Å². The number of likely N-dealkylation sites (N-methyl/N-ethyl adjacent to an activating group) is 1. The molecule has 0 radical (unpaired) electrons. The summed E-state index contributed by atoms with van der Waals surface area (Å²) in [6.45, 7) is 2.05. The van der Waals surface area contributed by atoms with Crippen molar-refractivity contribution in [1.29, 1.82) is 0 Å². The lowest BCUT2D eigenvalue weighted by Crippen LogP contribution is -2.32. The van der Waals surface area contributed by atoms with Crippen LogP contribution in [0.15, 0.2) is 54.2 Å². The Balaban J connectivity index is 2.16. The number of nitrogens with one attached hydrogen (secondary N) is 1. The Hall–Kier alpha value is -3.28. The van der Waals surface area contributed by atoms with E-state index in [4.69, 9.17) is 9.47 Å². The monoisotopic (exact) mass is 352 g/mol. The normalized spacial score (nSPS) is 14.0. The van der Waals surface area contributed by atoms with Crippen molar-refractivity contribution >= 4 is 23.1 Å². The van der Waals surface area contributed by atoms with Gasteiger partial charge in [-0.15, -0.1) is 0 Å². The van der Waals surface area contributed by atoms with E-state index in [1.54, 1.807) is 44.4 Å². The molecule has 0 atom stereocenters. The van der Waals surface area contributed by atoms with Gasteiger partial charge in [0.2, 0.25) is 0 Å². The summed E-state index contributed by atoms with van der Waals surface area (Å²) in [4.78, 5) is 26.9. The molecule has 6 nitrogen and oxygen atoms in total. The lowest BCUT2D eigenvalue weighted by molar-refractivity contribution is -0.136. The Morgan fingerprint density at radius 2 is 1.50 bits per heavy atom. The number of ether oxygens (including phenoxy) is 2. The van der Waals surface area contributed by atoms with E-state index in [-0.39, 0.29) is 24.1 Å². The number of imide groups is 1. The summed E-state index contributed by atoms with van der Waals surface area (Å²) in [6, 6.07) is 14.4. The standard InChI is InChI=1S/C20H20N2O4/c1-4-22-19(23)17(13-9-5-7-11-15(13)25-2)18(20(22)24)21-14-10-6-8-12-16(14)26-3/h5-12,21H,4H2,1-3H3. The molecule has 1 aliphatic rings. The van der Waals surface area contributed by atoms with E-state index < -0.39 is 0 Å². The Morgan fingerprint density at radius 3 is 2.15 bits per heavy atom. The van der Waals surface area contributed by atoms with Gasteiger partial charge in [-0.2, -0.15) is 0 Å².